The van der Waals surface area contributed by atoms with Crippen LogP contribution >= 0.6 is 15.9 Å². The van der Waals surface area contributed by atoms with E-state index in [4.69, 9.17) is 0 Å². The molecule has 0 bridgehead atoms. The highest BCUT2D eigenvalue weighted by Gasteiger charge is 2.14. The van der Waals surface area contributed by atoms with Crippen molar-refractivity contribution in [2.24, 2.45) is 0 Å². The molecule has 0 saturated heterocycles. The Labute approximate surface area is 118 Å². The SMILES string of the molecule is CCc1cc(Br)ccc1NC(C)CS(=O)(=O)CC. The van der Waals surface area contributed by atoms with Gasteiger partial charge in [-0.2, -0.15) is 0 Å². The van der Waals surface area contributed by atoms with Gasteiger partial charge < -0.3 is 5.32 Å². The second kappa shape index (κ2) is 6.57. The van der Waals surface area contributed by atoms with Gasteiger partial charge in [-0.15, -0.1) is 0 Å². The minimum atomic E-state index is -2.94. The van der Waals surface area contributed by atoms with Crippen LogP contribution in [0.4, 0.5) is 5.69 Å². The molecule has 3 nitrogen and oxygen atoms in total. The quantitative estimate of drug-likeness (QED) is 0.869. The van der Waals surface area contributed by atoms with Crippen molar-refractivity contribution in [3.05, 3.63) is 28.2 Å². The Morgan fingerprint density at radius 2 is 2.00 bits per heavy atom. The van der Waals surface area contributed by atoms with Crippen LogP contribution in [-0.2, 0) is 16.3 Å². The van der Waals surface area contributed by atoms with E-state index in [1.165, 1.54) is 5.56 Å². The monoisotopic (exact) mass is 333 g/mol. The number of rotatable bonds is 6. The van der Waals surface area contributed by atoms with E-state index >= 15 is 0 Å². The standard InChI is InChI=1S/C13H20BrNO2S/c1-4-11-8-12(14)6-7-13(11)15-10(3)9-18(16,17)5-2/h6-8,10,15H,4-5,9H2,1-3H3. The molecule has 102 valence electrons. The molecule has 0 heterocycles. The molecule has 0 aliphatic rings. The maximum absolute atomic E-state index is 11.6. The number of sulfone groups is 1. The number of hydrogen-bond acceptors (Lipinski definition) is 3. The molecular formula is C13H20BrNO2S. The Hall–Kier alpha value is -0.550. The second-order valence-electron chi connectivity index (χ2n) is 4.40. The summed E-state index contributed by atoms with van der Waals surface area (Å²) < 4.78 is 24.2. The molecule has 1 rings (SSSR count). The number of hydrogen-bond donors (Lipinski definition) is 1. The normalized spacial score (nSPS) is 13.3. The first-order chi connectivity index (χ1) is 8.38. The van der Waals surface area contributed by atoms with E-state index in [2.05, 4.69) is 34.2 Å². The van der Waals surface area contributed by atoms with Crippen molar-refractivity contribution in [3.63, 3.8) is 0 Å². The third-order valence-corrected chi connectivity index (χ3v) is 5.17. The highest BCUT2D eigenvalue weighted by atomic mass is 79.9. The topological polar surface area (TPSA) is 46.2 Å². The predicted octanol–water partition coefficient (Wildman–Crippen LogP) is 3.25. The number of halogens is 1. The minimum Gasteiger partial charge on any atom is -0.381 e. The van der Waals surface area contributed by atoms with Gasteiger partial charge in [0.1, 0.15) is 0 Å². The van der Waals surface area contributed by atoms with Gasteiger partial charge in [0.15, 0.2) is 9.84 Å². The molecule has 1 aromatic rings. The van der Waals surface area contributed by atoms with Crippen molar-refractivity contribution in [3.8, 4) is 0 Å². The van der Waals surface area contributed by atoms with Crippen molar-refractivity contribution in [1.82, 2.24) is 0 Å². The van der Waals surface area contributed by atoms with Gasteiger partial charge in [0.05, 0.1) is 5.75 Å². The summed E-state index contributed by atoms with van der Waals surface area (Å²) in [5, 5.41) is 3.28. The molecule has 0 spiro atoms. The molecule has 1 atom stereocenters. The summed E-state index contributed by atoms with van der Waals surface area (Å²) in [5.41, 5.74) is 2.20. The molecular weight excluding hydrogens is 314 g/mol. The predicted molar refractivity (Wildman–Crippen MR) is 80.9 cm³/mol. The zero-order chi connectivity index (χ0) is 13.8. The van der Waals surface area contributed by atoms with E-state index in [0.717, 1.165) is 16.6 Å². The molecule has 0 aliphatic carbocycles. The highest BCUT2D eigenvalue weighted by Crippen LogP contribution is 2.22. The highest BCUT2D eigenvalue weighted by molar-refractivity contribution is 9.10. The molecule has 1 aromatic carbocycles. The van der Waals surface area contributed by atoms with Gasteiger partial charge in [-0.25, -0.2) is 8.42 Å². The van der Waals surface area contributed by atoms with Crippen LogP contribution < -0.4 is 5.32 Å². The van der Waals surface area contributed by atoms with Crippen LogP contribution in [0.3, 0.4) is 0 Å². The smallest absolute Gasteiger partial charge is 0.152 e. The zero-order valence-corrected chi connectivity index (χ0v) is 13.4. The van der Waals surface area contributed by atoms with Gasteiger partial charge in [-0.3, -0.25) is 0 Å². The maximum Gasteiger partial charge on any atom is 0.152 e. The number of anilines is 1. The first-order valence-corrected chi connectivity index (χ1v) is 8.74. The Bertz CT molecular complexity index is 500. The number of nitrogens with one attached hydrogen (secondary N) is 1. The maximum atomic E-state index is 11.6. The van der Waals surface area contributed by atoms with Gasteiger partial charge >= 0.3 is 0 Å². The van der Waals surface area contributed by atoms with Crippen LogP contribution in [0.25, 0.3) is 0 Å². The number of aryl methyl sites for hydroxylation is 1. The summed E-state index contributed by atoms with van der Waals surface area (Å²) in [6.07, 6.45) is 0.912. The van der Waals surface area contributed by atoms with Crippen molar-refractivity contribution < 1.29 is 8.42 Å². The Balaban J connectivity index is 2.79. The average molecular weight is 334 g/mol. The summed E-state index contributed by atoms with van der Waals surface area (Å²) in [6, 6.07) is 5.92. The zero-order valence-electron chi connectivity index (χ0n) is 11.0. The third-order valence-electron chi connectivity index (χ3n) is 2.79. The molecule has 5 heteroatoms. The van der Waals surface area contributed by atoms with Crippen molar-refractivity contribution in [2.45, 2.75) is 33.2 Å². The molecule has 0 amide bonds. The van der Waals surface area contributed by atoms with Crippen LogP contribution in [0.1, 0.15) is 26.3 Å². The van der Waals surface area contributed by atoms with Crippen LogP contribution in [0.15, 0.2) is 22.7 Å². The third kappa shape index (κ3) is 4.61. The molecule has 0 fully saturated rings. The van der Waals surface area contributed by atoms with Gasteiger partial charge in [-0.05, 0) is 37.1 Å². The molecule has 18 heavy (non-hydrogen) atoms. The van der Waals surface area contributed by atoms with Gasteiger partial charge in [0.2, 0.25) is 0 Å². The number of benzene rings is 1. The molecule has 1 unspecified atom stereocenters. The van der Waals surface area contributed by atoms with E-state index < -0.39 is 9.84 Å². The van der Waals surface area contributed by atoms with Crippen LogP contribution in [0.2, 0.25) is 0 Å². The first-order valence-electron chi connectivity index (χ1n) is 6.13. The Morgan fingerprint density at radius 3 is 2.56 bits per heavy atom. The molecule has 0 saturated carbocycles. The summed E-state index contributed by atoms with van der Waals surface area (Å²) in [7, 11) is -2.94. The first kappa shape index (κ1) is 15.5. The van der Waals surface area contributed by atoms with Crippen LogP contribution in [0, 0.1) is 0 Å². The lowest BCUT2D eigenvalue weighted by Crippen LogP contribution is -2.27. The average Bonchev–Trinajstić information content (AvgIpc) is 2.30. The van der Waals surface area contributed by atoms with E-state index in [9.17, 15) is 8.42 Å². The minimum absolute atomic E-state index is 0.0820. The fraction of sp³-hybridized carbons (Fsp3) is 0.538. The van der Waals surface area contributed by atoms with Gasteiger partial charge in [0.25, 0.3) is 0 Å². The molecule has 0 aliphatic heterocycles. The van der Waals surface area contributed by atoms with E-state index in [1.807, 2.05) is 19.1 Å². The Kier molecular flexibility index (Phi) is 5.66. The van der Waals surface area contributed by atoms with Crippen molar-refractivity contribution >= 4 is 31.5 Å². The molecule has 1 N–H and O–H groups in total. The molecule has 0 radical (unpaired) electrons. The summed E-state index contributed by atoms with van der Waals surface area (Å²) >= 11 is 3.44. The molecule has 0 aromatic heterocycles. The van der Waals surface area contributed by atoms with Crippen LogP contribution in [-0.4, -0.2) is 26.0 Å². The van der Waals surface area contributed by atoms with Crippen molar-refractivity contribution in [2.75, 3.05) is 16.8 Å². The fourth-order valence-electron chi connectivity index (χ4n) is 1.80. The van der Waals surface area contributed by atoms with Gasteiger partial charge in [-0.1, -0.05) is 29.8 Å². The lowest BCUT2D eigenvalue weighted by molar-refractivity contribution is 0.593. The second-order valence-corrected chi connectivity index (χ2v) is 7.71. The largest absolute Gasteiger partial charge is 0.381 e. The summed E-state index contributed by atoms with van der Waals surface area (Å²) in [6.45, 7) is 5.66. The van der Waals surface area contributed by atoms with Crippen LogP contribution in [0.5, 0.6) is 0 Å². The summed E-state index contributed by atoms with van der Waals surface area (Å²) in [4.78, 5) is 0. The lowest BCUT2D eigenvalue weighted by atomic mass is 10.1. The lowest BCUT2D eigenvalue weighted by Gasteiger charge is -2.17. The fourth-order valence-corrected chi connectivity index (χ4v) is 3.29. The van der Waals surface area contributed by atoms with E-state index in [0.29, 0.717) is 0 Å². The van der Waals surface area contributed by atoms with E-state index in [1.54, 1.807) is 6.92 Å². The van der Waals surface area contributed by atoms with Crippen molar-refractivity contribution in [1.29, 1.82) is 0 Å². The Morgan fingerprint density at radius 1 is 1.33 bits per heavy atom. The van der Waals surface area contributed by atoms with Gasteiger partial charge in [0, 0.05) is 22.0 Å². The van der Waals surface area contributed by atoms with E-state index in [-0.39, 0.29) is 17.5 Å². The summed E-state index contributed by atoms with van der Waals surface area (Å²) in [5.74, 6) is 0.364.